The number of para-hydroxylation sites is 4. The predicted molar refractivity (Wildman–Crippen MR) is 221 cm³/mol. The first kappa shape index (κ1) is 30.0. The molecule has 0 bridgehead atoms. The first-order valence-corrected chi connectivity index (χ1v) is 18.6. The van der Waals surface area contributed by atoms with Crippen LogP contribution >= 0.6 is 0 Å². The molecule has 11 rings (SSSR count). The highest BCUT2D eigenvalue weighted by Crippen LogP contribution is 2.65. The van der Waals surface area contributed by atoms with E-state index in [1.165, 1.54) is 89.0 Å². The summed E-state index contributed by atoms with van der Waals surface area (Å²) in [5.74, 6) is 0.0105. The molecule has 2 nitrogen and oxygen atoms in total. The van der Waals surface area contributed by atoms with Crippen LogP contribution < -0.4 is 4.90 Å². The molecule has 1 aliphatic heterocycles. The largest absolute Gasteiger partial charge is 0.337 e. The molecule has 8 aromatic rings. The molecule has 0 saturated heterocycles. The smallest absolute Gasteiger partial charge is 0.0723 e. The van der Waals surface area contributed by atoms with Gasteiger partial charge < -0.3 is 9.47 Å². The zero-order chi connectivity index (χ0) is 35.1. The maximum atomic E-state index is 4.42. The van der Waals surface area contributed by atoms with E-state index in [0.29, 0.717) is 0 Å². The molecule has 2 atom stereocenters. The summed E-state index contributed by atoms with van der Waals surface area (Å²) in [5.41, 5.74) is 17.3. The number of hydrogen-bond donors (Lipinski definition) is 0. The maximum absolute atomic E-state index is 4.42. The summed E-state index contributed by atoms with van der Waals surface area (Å²) >= 11 is 0. The second-order valence-corrected chi connectivity index (χ2v) is 14.4. The lowest BCUT2D eigenvalue weighted by atomic mass is 9.70. The van der Waals surface area contributed by atoms with Gasteiger partial charge in [-0.25, -0.2) is 0 Å². The first-order valence-electron chi connectivity index (χ1n) is 18.6. The Morgan fingerprint density at radius 2 is 1.19 bits per heavy atom. The number of benzene rings is 7. The lowest BCUT2D eigenvalue weighted by Gasteiger charge is -2.32. The predicted octanol–water partition coefficient (Wildman–Crippen LogP) is 12.5. The van der Waals surface area contributed by atoms with Crippen LogP contribution in [0.4, 0.5) is 11.4 Å². The first-order chi connectivity index (χ1) is 26.3. The summed E-state index contributed by atoms with van der Waals surface area (Å²) in [6.07, 6.45) is 7.13. The fraction of sp³-hybridized carbons (Fsp3) is 0.0588. The van der Waals surface area contributed by atoms with Gasteiger partial charge >= 0.3 is 0 Å². The van der Waals surface area contributed by atoms with E-state index >= 15 is 0 Å². The fourth-order valence-electron chi connectivity index (χ4n) is 9.77. The minimum atomic E-state index is -0.509. The standard InChI is InChI=1S/C51H36N2/c1-2-34-31-41-38-22-9-13-25-44(38)51(46(41)29-30-52(35-17-5-3-6-18-35)48-27-15-11-21-37(34)48)45-26-14-10-23-39(45)42-32-43-40-24-12-16-28-49(40)53(50(43)33-47(42)51)36-19-7-4-8-20-36/h2-29,31-34H,1,30H2/b41-31?,46-29+. The van der Waals surface area contributed by atoms with Gasteiger partial charge in [0.25, 0.3) is 0 Å². The van der Waals surface area contributed by atoms with E-state index in [4.69, 9.17) is 0 Å². The van der Waals surface area contributed by atoms with E-state index in [0.717, 1.165) is 6.54 Å². The minimum Gasteiger partial charge on any atom is -0.337 e. The molecule has 0 saturated carbocycles. The van der Waals surface area contributed by atoms with Gasteiger partial charge in [-0.05, 0) is 98.6 Å². The van der Waals surface area contributed by atoms with Crippen molar-refractivity contribution < 1.29 is 0 Å². The number of aromatic nitrogens is 1. The topological polar surface area (TPSA) is 8.17 Å². The number of rotatable bonds is 3. The van der Waals surface area contributed by atoms with Gasteiger partial charge in [-0.3, -0.25) is 0 Å². The third kappa shape index (κ3) is 4.09. The molecule has 3 aliphatic rings. The number of fused-ring (bicyclic) bond motifs is 14. The monoisotopic (exact) mass is 676 g/mol. The van der Waals surface area contributed by atoms with Gasteiger partial charge in [0, 0.05) is 40.3 Å². The van der Waals surface area contributed by atoms with E-state index < -0.39 is 5.41 Å². The van der Waals surface area contributed by atoms with E-state index in [-0.39, 0.29) is 5.92 Å². The summed E-state index contributed by atoms with van der Waals surface area (Å²) in [6, 6.07) is 62.7. The zero-order valence-electron chi connectivity index (χ0n) is 29.3. The van der Waals surface area contributed by atoms with Crippen LogP contribution in [0.1, 0.15) is 33.7 Å². The van der Waals surface area contributed by atoms with Crippen LogP contribution in [0.15, 0.2) is 200 Å². The molecule has 2 aliphatic carbocycles. The molecule has 2 heteroatoms. The second kappa shape index (κ2) is 11.4. The SMILES string of the molecule is C=CC1C=C2/C(=C\CN(c3ccccc3)c3ccccc31)C1(c3ccccc32)c2ccccc2-c2cc3c4ccccc4n(-c4ccccc4)c3cc21. The minimum absolute atomic E-state index is 0.0105. The van der Waals surface area contributed by atoms with Gasteiger partial charge in [0.15, 0.2) is 0 Å². The molecule has 7 aromatic carbocycles. The van der Waals surface area contributed by atoms with Crippen molar-refractivity contribution in [3.63, 3.8) is 0 Å². The van der Waals surface area contributed by atoms with Crippen LogP contribution in [0, 0.1) is 0 Å². The van der Waals surface area contributed by atoms with E-state index in [9.17, 15) is 0 Å². The second-order valence-electron chi connectivity index (χ2n) is 14.4. The van der Waals surface area contributed by atoms with E-state index in [2.05, 4.69) is 204 Å². The molecule has 1 aromatic heterocycles. The summed E-state index contributed by atoms with van der Waals surface area (Å²) in [5, 5.41) is 2.55. The molecule has 2 heterocycles. The Balaban J connectivity index is 1.27. The van der Waals surface area contributed by atoms with Gasteiger partial charge in [-0.15, -0.1) is 6.58 Å². The van der Waals surface area contributed by atoms with Crippen LogP contribution in [0.5, 0.6) is 0 Å². The number of nitrogens with zero attached hydrogens (tertiary/aromatic N) is 2. The highest BCUT2D eigenvalue weighted by molar-refractivity contribution is 6.13. The molecule has 0 N–H and O–H groups in total. The van der Waals surface area contributed by atoms with Crippen LogP contribution in [-0.4, -0.2) is 11.1 Å². The highest BCUT2D eigenvalue weighted by atomic mass is 15.1. The van der Waals surface area contributed by atoms with Gasteiger partial charge in [0.2, 0.25) is 0 Å². The molecule has 0 amide bonds. The Morgan fingerprint density at radius 3 is 1.98 bits per heavy atom. The molecule has 0 radical (unpaired) electrons. The van der Waals surface area contributed by atoms with Gasteiger partial charge in [-0.1, -0.05) is 140 Å². The van der Waals surface area contributed by atoms with Crippen molar-refractivity contribution >= 4 is 38.8 Å². The number of anilines is 2. The highest BCUT2D eigenvalue weighted by Gasteiger charge is 2.53. The normalized spacial score (nSPS) is 19.2. The van der Waals surface area contributed by atoms with Crippen molar-refractivity contribution in [1.29, 1.82) is 0 Å². The van der Waals surface area contributed by atoms with Crippen molar-refractivity contribution in [1.82, 2.24) is 4.57 Å². The lowest BCUT2D eigenvalue weighted by Crippen LogP contribution is -2.27. The van der Waals surface area contributed by atoms with Crippen LogP contribution in [0.25, 0.3) is 44.2 Å². The van der Waals surface area contributed by atoms with Gasteiger partial charge in [-0.2, -0.15) is 0 Å². The number of hydrogen-bond acceptors (Lipinski definition) is 1. The molecule has 2 unspecified atom stereocenters. The maximum Gasteiger partial charge on any atom is 0.0723 e. The summed E-state index contributed by atoms with van der Waals surface area (Å²) in [4.78, 5) is 2.48. The zero-order valence-corrected chi connectivity index (χ0v) is 29.3. The Kier molecular flexibility index (Phi) is 6.48. The summed E-state index contributed by atoms with van der Waals surface area (Å²) in [6.45, 7) is 5.14. The van der Waals surface area contributed by atoms with Crippen molar-refractivity contribution in [2.75, 3.05) is 11.4 Å². The summed E-state index contributed by atoms with van der Waals surface area (Å²) in [7, 11) is 0. The van der Waals surface area contributed by atoms with Crippen molar-refractivity contribution in [2.24, 2.45) is 0 Å². The molecule has 0 fully saturated rings. The third-order valence-electron chi connectivity index (χ3n) is 11.9. The fourth-order valence-corrected chi connectivity index (χ4v) is 9.77. The summed E-state index contributed by atoms with van der Waals surface area (Å²) < 4.78 is 2.46. The van der Waals surface area contributed by atoms with Crippen molar-refractivity contribution in [3.8, 4) is 16.8 Å². The van der Waals surface area contributed by atoms with Crippen molar-refractivity contribution in [3.05, 3.63) is 228 Å². The molecular formula is C51H36N2. The van der Waals surface area contributed by atoms with Crippen LogP contribution in [0.2, 0.25) is 0 Å². The average molecular weight is 677 g/mol. The quantitative estimate of drug-likeness (QED) is 0.169. The van der Waals surface area contributed by atoms with E-state index in [1.54, 1.807) is 0 Å². The average Bonchev–Trinajstić information content (AvgIpc) is 3.82. The molecule has 250 valence electrons. The Morgan fingerprint density at radius 1 is 0.547 bits per heavy atom. The van der Waals surface area contributed by atoms with Gasteiger partial charge in [0.1, 0.15) is 0 Å². The molecular weight excluding hydrogens is 641 g/mol. The Labute approximate surface area is 309 Å². The van der Waals surface area contributed by atoms with Crippen molar-refractivity contribution in [2.45, 2.75) is 11.3 Å². The van der Waals surface area contributed by atoms with Gasteiger partial charge in [0.05, 0.1) is 16.4 Å². The van der Waals surface area contributed by atoms with Crippen LogP contribution in [-0.2, 0) is 5.41 Å². The molecule has 1 spiro atoms. The third-order valence-corrected chi connectivity index (χ3v) is 11.9. The Bertz CT molecular complexity index is 2840. The lowest BCUT2D eigenvalue weighted by molar-refractivity contribution is 0.790. The molecule has 53 heavy (non-hydrogen) atoms. The van der Waals surface area contributed by atoms with E-state index in [1.807, 2.05) is 0 Å². The van der Waals surface area contributed by atoms with Crippen LogP contribution in [0.3, 0.4) is 0 Å². The Hall–Kier alpha value is -6.64. The number of allylic oxidation sites excluding steroid dienone is 4.